The molecule has 1 aliphatic rings. The van der Waals surface area contributed by atoms with Gasteiger partial charge in [0.05, 0.1) is 6.54 Å². The molecule has 7 heteroatoms. The van der Waals surface area contributed by atoms with E-state index in [1.807, 2.05) is 36.3 Å². The third-order valence-corrected chi connectivity index (χ3v) is 4.95. The number of aromatic nitrogens is 2. The molecule has 2 aromatic heterocycles. The first-order chi connectivity index (χ1) is 11.1. The van der Waals surface area contributed by atoms with Gasteiger partial charge in [0.2, 0.25) is 11.8 Å². The first kappa shape index (κ1) is 16.0. The lowest BCUT2D eigenvalue weighted by Crippen LogP contribution is -2.43. The number of urea groups is 1. The van der Waals surface area contributed by atoms with Crippen LogP contribution in [-0.4, -0.2) is 34.2 Å². The number of thiophene rings is 1. The molecule has 0 saturated carbocycles. The Labute approximate surface area is 139 Å². The molecule has 0 aliphatic carbocycles. The van der Waals surface area contributed by atoms with Gasteiger partial charge in [-0.15, -0.1) is 21.5 Å². The van der Waals surface area contributed by atoms with Crippen LogP contribution in [0.5, 0.6) is 0 Å². The number of amides is 2. The van der Waals surface area contributed by atoms with Crippen molar-refractivity contribution in [2.75, 3.05) is 13.1 Å². The van der Waals surface area contributed by atoms with Gasteiger partial charge in [-0.3, -0.25) is 0 Å². The molecule has 2 amide bonds. The molecule has 0 bridgehead atoms. The maximum atomic E-state index is 12.2. The van der Waals surface area contributed by atoms with E-state index in [-0.39, 0.29) is 17.9 Å². The minimum absolute atomic E-state index is 0.00486. The fourth-order valence-electron chi connectivity index (χ4n) is 2.66. The molecule has 1 saturated heterocycles. The molecule has 1 N–H and O–H groups in total. The molecule has 0 radical (unpaired) electrons. The smallest absolute Gasteiger partial charge is 0.317 e. The lowest BCUT2D eigenvalue weighted by atomic mass is 9.97. The molecule has 1 fully saturated rings. The Morgan fingerprint density at radius 3 is 2.83 bits per heavy atom. The number of hydrogen-bond donors (Lipinski definition) is 1. The predicted molar refractivity (Wildman–Crippen MR) is 88.5 cm³/mol. The Balaban J connectivity index is 1.48. The quantitative estimate of drug-likeness (QED) is 0.931. The number of hydrogen-bond acceptors (Lipinski definition) is 5. The monoisotopic (exact) mass is 334 g/mol. The van der Waals surface area contributed by atoms with E-state index in [0.29, 0.717) is 18.3 Å². The normalized spacial score (nSPS) is 16.0. The summed E-state index contributed by atoms with van der Waals surface area (Å²) < 4.78 is 5.74. The Morgan fingerprint density at radius 2 is 2.22 bits per heavy atom. The van der Waals surface area contributed by atoms with Crippen LogP contribution in [0.25, 0.3) is 0 Å². The summed E-state index contributed by atoms with van der Waals surface area (Å²) in [5, 5.41) is 13.3. The number of carbonyl (C=O) groups is 1. The van der Waals surface area contributed by atoms with Crippen LogP contribution >= 0.6 is 11.3 Å². The van der Waals surface area contributed by atoms with Gasteiger partial charge in [0.25, 0.3) is 0 Å². The minimum atomic E-state index is 0.00486. The largest absolute Gasteiger partial charge is 0.425 e. The number of carbonyl (C=O) groups excluding carboxylic acids is 1. The average molecular weight is 334 g/mol. The molecule has 3 rings (SSSR count). The third kappa shape index (κ3) is 3.90. The maximum Gasteiger partial charge on any atom is 0.317 e. The number of nitrogens with one attached hydrogen (secondary N) is 1. The number of piperidine rings is 1. The molecule has 23 heavy (non-hydrogen) atoms. The van der Waals surface area contributed by atoms with Crippen molar-refractivity contribution in [3.8, 4) is 0 Å². The van der Waals surface area contributed by atoms with Crippen LogP contribution in [0.15, 0.2) is 21.9 Å². The molecule has 6 nitrogen and oxygen atoms in total. The summed E-state index contributed by atoms with van der Waals surface area (Å²) in [4.78, 5) is 15.2. The average Bonchev–Trinajstić information content (AvgIpc) is 3.24. The van der Waals surface area contributed by atoms with Gasteiger partial charge in [-0.05, 0) is 24.3 Å². The van der Waals surface area contributed by atoms with Crippen LogP contribution in [0.2, 0.25) is 0 Å². The summed E-state index contributed by atoms with van der Waals surface area (Å²) in [7, 11) is 0. The first-order valence-electron chi connectivity index (χ1n) is 8.02. The fraction of sp³-hybridized carbons (Fsp3) is 0.562. The van der Waals surface area contributed by atoms with Gasteiger partial charge >= 0.3 is 6.03 Å². The van der Waals surface area contributed by atoms with E-state index in [2.05, 4.69) is 15.5 Å². The zero-order valence-corrected chi connectivity index (χ0v) is 14.3. The summed E-state index contributed by atoms with van der Waals surface area (Å²) in [5.74, 6) is 1.92. The van der Waals surface area contributed by atoms with Crippen LogP contribution in [0.3, 0.4) is 0 Å². The highest BCUT2D eigenvalue weighted by molar-refractivity contribution is 7.09. The molecule has 124 valence electrons. The second-order valence-electron chi connectivity index (χ2n) is 6.13. The number of likely N-dealkylation sites (tertiary alicyclic amines) is 1. The molecule has 0 spiro atoms. The number of nitrogens with zero attached hydrogens (tertiary/aromatic N) is 3. The van der Waals surface area contributed by atoms with Crippen molar-refractivity contribution in [2.45, 2.75) is 45.1 Å². The summed E-state index contributed by atoms with van der Waals surface area (Å²) in [6.45, 7) is 6.12. The van der Waals surface area contributed by atoms with Crippen molar-refractivity contribution in [1.82, 2.24) is 20.4 Å². The van der Waals surface area contributed by atoms with Crippen molar-refractivity contribution < 1.29 is 9.21 Å². The van der Waals surface area contributed by atoms with Crippen LogP contribution in [0.4, 0.5) is 4.79 Å². The van der Waals surface area contributed by atoms with Gasteiger partial charge in [-0.25, -0.2) is 4.79 Å². The Bertz CT molecular complexity index is 630. The van der Waals surface area contributed by atoms with Crippen molar-refractivity contribution in [3.05, 3.63) is 34.2 Å². The SMILES string of the molecule is CC(C)c1nnc(C2CCN(C(=O)NCc3cccs3)CC2)o1. The topological polar surface area (TPSA) is 71.3 Å². The van der Waals surface area contributed by atoms with Crippen molar-refractivity contribution in [2.24, 2.45) is 0 Å². The molecule has 0 aromatic carbocycles. The molecule has 0 unspecified atom stereocenters. The molecule has 3 heterocycles. The zero-order chi connectivity index (χ0) is 16.2. The summed E-state index contributed by atoms with van der Waals surface area (Å²) >= 11 is 1.65. The fourth-order valence-corrected chi connectivity index (χ4v) is 3.31. The van der Waals surface area contributed by atoms with E-state index in [9.17, 15) is 4.79 Å². The lowest BCUT2D eigenvalue weighted by molar-refractivity contribution is 0.176. The minimum Gasteiger partial charge on any atom is -0.425 e. The van der Waals surface area contributed by atoms with E-state index in [1.54, 1.807) is 11.3 Å². The van der Waals surface area contributed by atoms with Crippen LogP contribution < -0.4 is 5.32 Å². The summed E-state index contributed by atoms with van der Waals surface area (Å²) in [6, 6.07) is 4.03. The van der Waals surface area contributed by atoms with Gasteiger partial charge in [-0.2, -0.15) is 0 Å². The summed E-state index contributed by atoms with van der Waals surface area (Å²) in [6.07, 6.45) is 1.73. The number of rotatable bonds is 4. The van der Waals surface area contributed by atoms with Gasteiger partial charge < -0.3 is 14.6 Å². The summed E-state index contributed by atoms with van der Waals surface area (Å²) in [5.41, 5.74) is 0. The predicted octanol–water partition coefficient (Wildman–Crippen LogP) is 3.34. The zero-order valence-electron chi connectivity index (χ0n) is 13.5. The van der Waals surface area contributed by atoms with Crippen molar-refractivity contribution >= 4 is 17.4 Å². The van der Waals surface area contributed by atoms with E-state index >= 15 is 0 Å². The van der Waals surface area contributed by atoms with E-state index in [4.69, 9.17) is 4.42 Å². The molecule has 2 aromatic rings. The van der Waals surface area contributed by atoms with Gasteiger partial charge in [0, 0.05) is 29.8 Å². The molecular formula is C16H22N4O2S. The molecular weight excluding hydrogens is 312 g/mol. The molecule has 0 atom stereocenters. The highest BCUT2D eigenvalue weighted by atomic mass is 32.1. The highest BCUT2D eigenvalue weighted by Gasteiger charge is 2.27. The highest BCUT2D eigenvalue weighted by Crippen LogP contribution is 2.28. The Kier molecular flexibility index (Phi) is 4.95. The second-order valence-corrected chi connectivity index (χ2v) is 7.16. The van der Waals surface area contributed by atoms with Gasteiger partial charge in [0.1, 0.15) is 0 Å². The van der Waals surface area contributed by atoms with E-state index in [1.165, 1.54) is 4.88 Å². The van der Waals surface area contributed by atoms with Crippen LogP contribution in [0, 0.1) is 0 Å². The first-order valence-corrected chi connectivity index (χ1v) is 8.90. The Morgan fingerprint density at radius 1 is 1.43 bits per heavy atom. The van der Waals surface area contributed by atoms with E-state index < -0.39 is 0 Å². The lowest BCUT2D eigenvalue weighted by Gasteiger charge is -2.30. The van der Waals surface area contributed by atoms with E-state index in [0.717, 1.165) is 25.9 Å². The van der Waals surface area contributed by atoms with Crippen LogP contribution in [-0.2, 0) is 6.54 Å². The standard InChI is InChI=1S/C16H22N4O2S/c1-11(2)14-18-19-15(22-14)12-5-7-20(8-6-12)16(21)17-10-13-4-3-9-23-13/h3-4,9,11-12H,5-8,10H2,1-2H3,(H,17,21). The Hall–Kier alpha value is -1.89. The van der Waals surface area contributed by atoms with Crippen LogP contribution in [0.1, 0.15) is 55.2 Å². The van der Waals surface area contributed by atoms with Gasteiger partial charge in [0.15, 0.2) is 0 Å². The molecule has 1 aliphatic heterocycles. The third-order valence-electron chi connectivity index (χ3n) is 4.08. The van der Waals surface area contributed by atoms with Gasteiger partial charge in [-0.1, -0.05) is 19.9 Å². The van der Waals surface area contributed by atoms with Crippen molar-refractivity contribution in [1.29, 1.82) is 0 Å². The maximum absolute atomic E-state index is 12.2. The van der Waals surface area contributed by atoms with Crippen molar-refractivity contribution in [3.63, 3.8) is 0 Å². The second kappa shape index (κ2) is 7.12.